The molecule has 2 rings (SSSR count). The van der Waals surface area contributed by atoms with Crippen molar-refractivity contribution < 1.29 is 4.42 Å². The minimum Gasteiger partial charge on any atom is -0.408 e. The van der Waals surface area contributed by atoms with Crippen LogP contribution in [-0.4, -0.2) is 31.3 Å². The molecule has 2 aromatic rings. The van der Waals surface area contributed by atoms with E-state index in [1.807, 2.05) is 13.8 Å². The Labute approximate surface area is 115 Å². The topological polar surface area (TPSA) is 89.6 Å². The van der Waals surface area contributed by atoms with Crippen LogP contribution in [0.5, 0.6) is 0 Å². The fourth-order valence-electron chi connectivity index (χ4n) is 1.57. The summed E-state index contributed by atoms with van der Waals surface area (Å²) in [5.74, 6) is 1.27. The zero-order chi connectivity index (χ0) is 13.7. The molecule has 0 unspecified atom stereocenters. The summed E-state index contributed by atoms with van der Waals surface area (Å²) < 4.78 is 5.33. The summed E-state index contributed by atoms with van der Waals surface area (Å²) >= 11 is 5.60. The second kappa shape index (κ2) is 6.42. The van der Waals surface area contributed by atoms with Crippen LogP contribution in [0.1, 0.15) is 31.1 Å². The van der Waals surface area contributed by atoms with E-state index in [9.17, 15) is 0 Å². The fraction of sp³-hybridized carbons (Fsp3) is 0.545. The molecular formula is C11H15ClN6O. The van der Waals surface area contributed by atoms with Gasteiger partial charge in [-0.2, -0.15) is 0 Å². The van der Waals surface area contributed by atoms with Crippen molar-refractivity contribution in [2.24, 2.45) is 0 Å². The number of hydrogen-bond acceptors (Lipinski definition) is 7. The molecule has 0 radical (unpaired) electrons. The van der Waals surface area contributed by atoms with E-state index in [0.717, 1.165) is 24.2 Å². The zero-order valence-electron chi connectivity index (χ0n) is 10.9. The van der Waals surface area contributed by atoms with Gasteiger partial charge in [0.05, 0.1) is 11.4 Å². The highest BCUT2D eigenvalue weighted by atomic mass is 35.5. The average Bonchev–Trinajstić information content (AvgIpc) is 2.86. The quantitative estimate of drug-likeness (QED) is 0.809. The maximum Gasteiger partial charge on any atom is 0.322 e. The highest BCUT2D eigenvalue weighted by molar-refractivity contribution is 6.17. The van der Waals surface area contributed by atoms with Crippen LogP contribution in [0.25, 0.3) is 0 Å². The monoisotopic (exact) mass is 282 g/mol. The van der Waals surface area contributed by atoms with E-state index >= 15 is 0 Å². The molecule has 0 saturated carbocycles. The maximum atomic E-state index is 5.60. The molecule has 0 aliphatic heterocycles. The van der Waals surface area contributed by atoms with Crippen LogP contribution >= 0.6 is 11.6 Å². The summed E-state index contributed by atoms with van der Waals surface area (Å²) in [6.07, 6.45) is 2.14. The maximum absolute atomic E-state index is 5.60. The zero-order valence-corrected chi connectivity index (χ0v) is 11.6. The lowest BCUT2D eigenvalue weighted by Crippen LogP contribution is -2.06. The molecule has 7 nitrogen and oxygen atoms in total. The molecule has 0 aliphatic carbocycles. The lowest BCUT2D eigenvalue weighted by atomic mass is 10.2. The molecule has 0 saturated heterocycles. The Morgan fingerprint density at radius 2 is 1.84 bits per heavy atom. The largest absolute Gasteiger partial charge is 0.408 e. The second-order valence-electron chi connectivity index (χ2n) is 3.80. The number of nitrogens with zero attached hydrogens (tertiary/aromatic N) is 5. The van der Waals surface area contributed by atoms with Crippen molar-refractivity contribution in [3.63, 3.8) is 0 Å². The number of anilines is 2. The third-order valence-corrected chi connectivity index (χ3v) is 2.69. The predicted molar refractivity (Wildman–Crippen MR) is 70.6 cm³/mol. The van der Waals surface area contributed by atoms with Gasteiger partial charge in [-0.05, 0) is 12.8 Å². The third-order valence-electron chi connectivity index (χ3n) is 2.50. The second-order valence-corrected chi connectivity index (χ2v) is 4.18. The third kappa shape index (κ3) is 3.37. The molecule has 2 heterocycles. The lowest BCUT2D eigenvalue weighted by molar-refractivity contribution is 0.515. The summed E-state index contributed by atoms with van der Waals surface area (Å²) in [6, 6.07) is 0.244. The molecule has 1 N–H and O–H groups in total. The molecule has 19 heavy (non-hydrogen) atoms. The van der Waals surface area contributed by atoms with Gasteiger partial charge in [0.25, 0.3) is 5.95 Å². The highest BCUT2D eigenvalue weighted by Gasteiger charge is 2.10. The Morgan fingerprint density at radius 3 is 2.53 bits per heavy atom. The molecular weight excluding hydrogens is 268 g/mol. The van der Waals surface area contributed by atoms with Gasteiger partial charge in [0.1, 0.15) is 0 Å². The van der Waals surface area contributed by atoms with Gasteiger partial charge in [-0.25, -0.2) is 4.98 Å². The Morgan fingerprint density at radius 1 is 1.05 bits per heavy atom. The van der Waals surface area contributed by atoms with E-state index < -0.39 is 0 Å². The van der Waals surface area contributed by atoms with E-state index in [0.29, 0.717) is 24.1 Å². The summed E-state index contributed by atoms with van der Waals surface area (Å²) in [6.45, 7) is 4.05. The van der Waals surface area contributed by atoms with E-state index in [1.165, 1.54) is 0 Å². The number of aromatic nitrogens is 5. The van der Waals surface area contributed by atoms with Gasteiger partial charge in [-0.1, -0.05) is 18.9 Å². The number of aryl methyl sites for hydroxylation is 3. The molecule has 0 atom stereocenters. The lowest BCUT2D eigenvalue weighted by Gasteiger charge is -2.04. The SMILES string of the molecule is CCc1nnc(Nc2nnc(CCCl)o2)nc1CC. The smallest absolute Gasteiger partial charge is 0.322 e. The van der Waals surface area contributed by atoms with Crippen molar-refractivity contribution in [1.29, 1.82) is 0 Å². The van der Waals surface area contributed by atoms with Crippen LogP contribution in [0, 0.1) is 0 Å². The fourth-order valence-corrected chi connectivity index (χ4v) is 1.73. The minimum atomic E-state index is 0.244. The highest BCUT2D eigenvalue weighted by Crippen LogP contribution is 2.13. The van der Waals surface area contributed by atoms with Crippen LogP contribution in [0.2, 0.25) is 0 Å². The van der Waals surface area contributed by atoms with Gasteiger partial charge in [0.15, 0.2) is 0 Å². The van der Waals surface area contributed by atoms with Crippen LogP contribution < -0.4 is 5.32 Å². The molecule has 0 fully saturated rings. The van der Waals surface area contributed by atoms with Crippen LogP contribution in [0.3, 0.4) is 0 Å². The first-order chi connectivity index (χ1) is 9.26. The summed E-state index contributed by atoms with van der Waals surface area (Å²) in [4.78, 5) is 4.37. The molecule has 102 valence electrons. The number of halogens is 1. The normalized spacial score (nSPS) is 10.7. The van der Waals surface area contributed by atoms with Crippen molar-refractivity contribution in [3.05, 3.63) is 17.3 Å². The number of hydrogen-bond donors (Lipinski definition) is 1. The van der Waals surface area contributed by atoms with Gasteiger partial charge < -0.3 is 4.42 Å². The van der Waals surface area contributed by atoms with Crippen molar-refractivity contribution in [2.75, 3.05) is 11.2 Å². The first-order valence-corrected chi connectivity index (χ1v) is 6.68. The summed E-state index contributed by atoms with van der Waals surface area (Å²) in [7, 11) is 0. The van der Waals surface area contributed by atoms with Gasteiger partial charge in [0, 0.05) is 12.3 Å². The van der Waals surface area contributed by atoms with Gasteiger partial charge in [0.2, 0.25) is 5.89 Å². The Hall–Kier alpha value is -1.76. The minimum absolute atomic E-state index is 0.244. The van der Waals surface area contributed by atoms with E-state index in [4.69, 9.17) is 16.0 Å². The standard InChI is InChI=1S/C11H15ClN6O/c1-3-7-8(4-2)15-17-10(13-7)14-11-18-16-9(19-11)5-6-12/h3-6H2,1-2H3,(H,13,14,17,18). The molecule has 0 spiro atoms. The molecule has 0 bridgehead atoms. The predicted octanol–water partition coefficient (Wildman–Crippen LogP) is 1.90. The molecule has 0 aliphatic rings. The van der Waals surface area contributed by atoms with E-state index in [-0.39, 0.29) is 6.01 Å². The molecule has 2 aromatic heterocycles. The van der Waals surface area contributed by atoms with Gasteiger partial charge >= 0.3 is 6.01 Å². The first kappa shape index (κ1) is 13.7. The van der Waals surface area contributed by atoms with Gasteiger partial charge in [-0.3, -0.25) is 5.32 Å². The average molecular weight is 283 g/mol. The Kier molecular flexibility index (Phi) is 4.62. The van der Waals surface area contributed by atoms with Crippen LogP contribution in [0.4, 0.5) is 12.0 Å². The van der Waals surface area contributed by atoms with Crippen molar-refractivity contribution >= 4 is 23.6 Å². The van der Waals surface area contributed by atoms with Crippen LogP contribution in [0.15, 0.2) is 4.42 Å². The number of alkyl halides is 1. The Balaban J connectivity index is 2.13. The van der Waals surface area contributed by atoms with E-state index in [1.54, 1.807) is 0 Å². The molecule has 0 amide bonds. The summed E-state index contributed by atoms with van der Waals surface area (Å²) in [5.41, 5.74) is 1.82. The van der Waals surface area contributed by atoms with Crippen molar-refractivity contribution in [3.8, 4) is 0 Å². The van der Waals surface area contributed by atoms with Crippen molar-refractivity contribution in [1.82, 2.24) is 25.4 Å². The van der Waals surface area contributed by atoms with Gasteiger partial charge in [-0.15, -0.1) is 26.9 Å². The number of rotatable bonds is 6. The molecule has 8 heteroatoms. The Bertz CT molecular complexity index is 544. The number of nitrogens with one attached hydrogen (secondary N) is 1. The molecule has 0 aromatic carbocycles. The van der Waals surface area contributed by atoms with Crippen LogP contribution in [-0.2, 0) is 19.3 Å². The first-order valence-electron chi connectivity index (χ1n) is 6.14. The van der Waals surface area contributed by atoms with E-state index in [2.05, 4.69) is 30.7 Å². The summed E-state index contributed by atoms with van der Waals surface area (Å²) in [5, 5.41) is 18.6. The van der Waals surface area contributed by atoms with Crippen molar-refractivity contribution in [2.45, 2.75) is 33.1 Å².